The zero-order chi connectivity index (χ0) is 22.0. The number of nitrogens with zero attached hydrogens (tertiary/aromatic N) is 4. The van der Waals surface area contributed by atoms with Crippen molar-refractivity contribution in [3.05, 3.63) is 76.6 Å². The van der Waals surface area contributed by atoms with Gasteiger partial charge in [-0.05, 0) is 24.3 Å². The predicted octanol–water partition coefficient (Wildman–Crippen LogP) is 3.77. The number of hydrogen-bond donors (Lipinski definition) is 2. The molecule has 0 spiro atoms. The SMILES string of the molecule is CNC(=O)c1cc(Oc2ccc3c(c2)nc(Nc2cccc([N+](=O)[O-])c2)n3C)ccn1. The largest absolute Gasteiger partial charge is 0.457 e. The Balaban J connectivity index is 1.60. The van der Waals surface area contributed by atoms with Crippen LogP contribution in [0.2, 0.25) is 0 Å². The Hall–Kier alpha value is -4.47. The van der Waals surface area contributed by atoms with Crippen molar-refractivity contribution in [2.24, 2.45) is 7.05 Å². The summed E-state index contributed by atoms with van der Waals surface area (Å²) >= 11 is 0. The van der Waals surface area contributed by atoms with Crippen LogP contribution < -0.4 is 15.4 Å². The number of imidazole rings is 1. The van der Waals surface area contributed by atoms with Gasteiger partial charge in [-0.1, -0.05) is 6.07 Å². The molecule has 0 saturated heterocycles. The molecule has 0 saturated carbocycles. The molecule has 0 fully saturated rings. The number of nitrogens with one attached hydrogen (secondary N) is 2. The van der Waals surface area contributed by atoms with E-state index in [2.05, 4.69) is 20.6 Å². The van der Waals surface area contributed by atoms with Gasteiger partial charge in [0, 0.05) is 50.2 Å². The molecule has 31 heavy (non-hydrogen) atoms. The van der Waals surface area contributed by atoms with Crippen molar-refractivity contribution in [2.45, 2.75) is 0 Å². The monoisotopic (exact) mass is 418 g/mol. The molecule has 10 heteroatoms. The average molecular weight is 418 g/mol. The second kappa shape index (κ2) is 8.11. The lowest BCUT2D eigenvalue weighted by Crippen LogP contribution is -2.18. The third kappa shape index (κ3) is 4.13. The van der Waals surface area contributed by atoms with Gasteiger partial charge < -0.3 is 19.9 Å². The number of carbonyl (C=O) groups is 1. The van der Waals surface area contributed by atoms with E-state index in [1.54, 1.807) is 36.4 Å². The molecule has 0 radical (unpaired) electrons. The van der Waals surface area contributed by atoms with E-state index >= 15 is 0 Å². The number of hydrogen-bond acceptors (Lipinski definition) is 7. The molecule has 0 bridgehead atoms. The van der Waals surface area contributed by atoms with Crippen LogP contribution in [-0.2, 0) is 7.05 Å². The zero-order valence-corrected chi connectivity index (χ0v) is 16.7. The van der Waals surface area contributed by atoms with Gasteiger partial charge in [0.15, 0.2) is 0 Å². The lowest BCUT2D eigenvalue weighted by molar-refractivity contribution is -0.384. The van der Waals surface area contributed by atoms with E-state index in [0.29, 0.717) is 28.7 Å². The van der Waals surface area contributed by atoms with Crippen molar-refractivity contribution in [1.82, 2.24) is 19.9 Å². The summed E-state index contributed by atoms with van der Waals surface area (Å²) in [6.07, 6.45) is 1.50. The highest BCUT2D eigenvalue weighted by Crippen LogP contribution is 2.28. The van der Waals surface area contributed by atoms with Crippen LogP contribution in [0.25, 0.3) is 11.0 Å². The Bertz CT molecular complexity index is 1300. The molecule has 10 nitrogen and oxygen atoms in total. The van der Waals surface area contributed by atoms with Crippen molar-refractivity contribution in [3.8, 4) is 11.5 Å². The molecule has 4 rings (SSSR count). The standard InChI is InChI=1S/C21H18N6O4/c1-22-20(28)18-12-16(8-9-23-18)31-15-6-7-19-17(11-15)25-21(26(19)2)24-13-4-3-5-14(10-13)27(29)30/h3-12H,1-2H3,(H,22,28)(H,24,25). The Morgan fingerprint density at radius 2 is 1.94 bits per heavy atom. The van der Waals surface area contributed by atoms with Crippen molar-refractivity contribution in [2.75, 3.05) is 12.4 Å². The predicted molar refractivity (Wildman–Crippen MR) is 115 cm³/mol. The first kappa shape index (κ1) is 19.8. The number of nitro groups is 1. The number of carbonyl (C=O) groups excluding carboxylic acids is 1. The average Bonchev–Trinajstić information content (AvgIpc) is 3.08. The molecule has 0 aliphatic rings. The minimum Gasteiger partial charge on any atom is -0.457 e. The molecule has 0 aliphatic carbocycles. The van der Waals surface area contributed by atoms with Gasteiger partial charge in [0.2, 0.25) is 5.95 Å². The molecule has 2 heterocycles. The molecule has 0 unspecified atom stereocenters. The molecule has 1 amide bonds. The van der Waals surface area contributed by atoms with Crippen LogP contribution in [-0.4, -0.2) is 32.4 Å². The summed E-state index contributed by atoms with van der Waals surface area (Å²) in [6.45, 7) is 0. The maximum absolute atomic E-state index is 11.8. The van der Waals surface area contributed by atoms with Crippen molar-refractivity contribution < 1.29 is 14.5 Å². The number of benzene rings is 2. The summed E-state index contributed by atoms with van der Waals surface area (Å²) in [5.74, 6) is 1.24. The Labute approximate surface area is 176 Å². The highest BCUT2D eigenvalue weighted by molar-refractivity contribution is 5.92. The summed E-state index contributed by atoms with van der Waals surface area (Å²) in [5.41, 5.74) is 2.33. The molecule has 2 N–H and O–H groups in total. The van der Waals surface area contributed by atoms with Crippen LogP contribution in [0.4, 0.5) is 17.3 Å². The third-order valence-electron chi connectivity index (χ3n) is 4.59. The Kier molecular flexibility index (Phi) is 5.19. The number of amides is 1. The van der Waals surface area contributed by atoms with Crippen molar-refractivity contribution in [1.29, 1.82) is 0 Å². The summed E-state index contributed by atoms with van der Waals surface area (Å²) in [4.78, 5) is 30.9. The van der Waals surface area contributed by atoms with Gasteiger partial charge in [0.1, 0.15) is 17.2 Å². The maximum atomic E-state index is 11.8. The molecule has 0 atom stereocenters. The number of aryl methyl sites for hydroxylation is 1. The molecule has 0 aliphatic heterocycles. The molecule has 2 aromatic carbocycles. The first-order valence-corrected chi connectivity index (χ1v) is 9.28. The van der Waals surface area contributed by atoms with Crippen LogP contribution >= 0.6 is 0 Å². The Morgan fingerprint density at radius 3 is 2.71 bits per heavy atom. The van der Waals surface area contributed by atoms with Crippen LogP contribution in [0.5, 0.6) is 11.5 Å². The maximum Gasteiger partial charge on any atom is 0.271 e. The topological polar surface area (TPSA) is 124 Å². The van der Waals surface area contributed by atoms with Gasteiger partial charge in [-0.3, -0.25) is 19.9 Å². The molecule has 4 aromatic rings. The van der Waals surface area contributed by atoms with E-state index in [1.165, 1.54) is 25.4 Å². The van der Waals surface area contributed by atoms with Gasteiger partial charge in [-0.25, -0.2) is 4.98 Å². The van der Waals surface area contributed by atoms with E-state index in [0.717, 1.165) is 5.52 Å². The van der Waals surface area contributed by atoms with Crippen LogP contribution in [0, 0.1) is 10.1 Å². The molecular formula is C21H18N6O4. The highest BCUT2D eigenvalue weighted by atomic mass is 16.6. The van der Waals surface area contributed by atoms with Crippen LogP contribution in [0.1, 0.15) is 10.5 Å². The minimum absolute atomic E-state index is 0.00655. The molecular weight excluding hydrogens is 400 g/mol. The van der Waals surface area contributed by atoms with Gasteiger partial charge in [0.25, 0.3) is 11.6 Å². The smallest absolute Gasteiger partial charge is 0.271 e. The van der Waals surface area contributed by atoms with Gasteiger partial charge >= 0.3 is 0 Å². The van der Waals surface area contributed by atoms with E-state index in [4.69, 9.17) is 4.74 Å². The lowest BCUT2D eigenvalue weighted by Gasteiger charge is -2.07. The fraction of sp³-hybridized carbons (Fsp3) is 0.0952. The highest BCUT2D eigenvalue weighted by Gasteiger charge is 2.12. The number of non-ortho nitro benzene ring substituents is 1. The summed E-state index contributed by atoms with van der Waals surface area (Å²) in [5, 5.41) is 16.6. The first-order chi connectivity index (χ1) is 14.9. The third-order valence-corrected chi connectivity index (χ3v) is 4.59. The fourth-order valence-electron chi connectivity index (χ4n) is 3.04. The van der Waals surface area contributed by atoms with Crippen LogP contribution in [0.15, 0.2) is 60.8 Å². The van der Waals surface area contributed by atoms with Gasteiger partial charge in [-0.2, -0.15) is 0 Å². The summed E-state index contributed by atoms with van der Waals surface area (Å²) in [6, 6.07) is 14.8. The summed E-state index contributed by atoms with van der Waals surface area (Å²) in [7, 11) is 3.37. The number of rotatable bonds is 6. The molecule has 2 aromatic heterocycles. The van der Waals surface area contributed by atoms with E-state index in [1.807, 2.05) is 17.7 Å². The van der Waals surface area contributed by atoms with E-state index < -0.39 is 4.92 Å². The number of nitro benzene ring substituents is 1. The second-order valence-corrected chi connectivity index (χ2v) is 6.64. The fourth-order valence-corrected chi connectivity index (χ4v) is 3.04. The minimum atomic E-state index is -0.446. The first-order valence-electron chi connectivity index (χ1n) is 9.28. The lowest BCUT2D eigenvalue weighted by atomic mass is 10.3. The number of ether oxygens (including phenoxy) is 1. The number of pyridine rings is 1. The van der Waals surface area contributed by atoms with Gasteiger partial charge in [-0.15, -0.1) is 0 Å². The number of anilines is 2. The van der Waals surface area contributed by atoms with E-state index in [-0.39, 0.29) is 17.3 Å². The second-order valence-electron chi connectivity index (χ2n) is 6.64. The Morgan fingerprint density at radius 1 is 1.13 bits per heavy atom. The zero-order valence-electron chi connectivity index (χ0n) is 16.7. The van der Waals surface area contributed by atoms with Crippen LogP contribution in [0.3, 0.4) is 0 Å². The van der Waals surface area contributed by atoms with E-state index in [9.17, 15) is 14.9 Å². The van der Waals surface area contributed by atoms with Gasteiger partial charge in [0.05, 0.1) is 16.0 Å². The van der Waals surface area contributed by atoms with Crippen molar-refractivity contribution >= 4 is 34.3 Å². The summed E-state index contributed by atoms with van der Waals surface area (Å²) < 4.78 is 7.71. The normalized spacial score (nSPS) is 10.6. The number of aromatic nitrogens is 3. The quantitative estimate of drug-likeness (QED) is 0.361. The molecule has 156 valence electrons. The number of fused-ring (bicyclic) bond motifs is 1. The van der Waals surface area contributed by atoms with Crippen molar-refractivity contribution in [3.63, 3.8) is 0 Å².